The molecule has 1 unspecified atom stereocenters. The van der Waals surface area contributed by atoms with E-state index >= 15 is 0 Å². The van der Waals surface area contributed by atoms with Gasteiger partial charge in [-0.15, -0.1) is 0 Å². The third-order valence-electron chi connectivity index (χ3n) is 2.16. The lowest BCUT2D eigenvalue weighted by Gasteiger charge is -2.10. The molecule has 1 aromatic rings. The van der Waals surface area contributed by atoms with Crippen molar-refractivity contribution in [1.82, 2.24) is 4.98 Å². The molecule has 0 aliphatic carbocycles. The van der Waals surface area contributed by atoms with Gasteiger partial charge < -0.3 is 5.73 Å². The Hall–Kier alpha value is -0.940. The maximum atomic E-state index is 10.9. The number of rotatable bonds is 5. The van der Waals surface area contributed by atoms with E-state index in [4.69, 9.17) is 5.73 Å². The van der Waals surface area contributed by atoms with E-state index in [2.05, 4.69) is 4.98 Å². The molecule has 1 atom stereocenters. The van der Waals surface area contributed by atoms with Gasteiger partial charge in [0, 0.05) is 30.4 Å². The van der Waals surface area contributed by atoms with Crippen molar-refractivity contribution in [3.63, 3.8) is 0 Å². The second-order valence-corrected chi connectivity index (χ2v) is 5.92. The highest BCUT2D eigenvalue weighted by atomic mass is 32.2. The lowest BCUT2D eigenvalue weighted by atomic mass is 10.1. The monoisotopic (exact) mass is 228 g/mol. The first-order chi connectivity index (χ1) is 6.99. The van der Waals surface area contributed by atoms with E-state index in [9.17, 15) is 8.42 Å². The third-order valence-corrected chi connectivity index (χ3v) is 3.19. The van der Waals surface area contributed by atoms with Gasteiger partial charge in [-0.3, -0.25) is 4.98 Å². The van der Waals surface area contributed by atoms with E-state index < -0.39 is 9.84 Å². The van der Waals surface area contributed by atoms with Crippen molar-refractivity contribution in [3.8, 4) is 0 Å². The maximum Gasteiger partial charge on any atom is 0.147 e. The van der Waals surface area contributed by atoms with Crippen LogP contribution in [0.4, 0.5) is 0 Å². The van der Waals surface area contributed by atoms with Crippen LogP contribution >= 0.6 is 0 Å². The molecule has 0 amide bonds. The minimum atomic E-state index is -2.87. The normalized spacial score (nSPS) is 13.7. The highest BCUT2D eigenvalue weighted by Crippen LogP contribution is 2.14. The summed E-state index contributed by atoms with van der Waals surface area (Å²) < 4.78 is 21.8. The predicted octanol–water partition coefficient (Wildman–Crippen LogP) is 0.906. The van der Waals surface area contributed by atoms with E-state index in [-0.39, 0.29) is 11.8 Å². The first-order valence-electron chi connectivity index (χ1n) is 4.82. The minimum Gasteiger partial charge on any atom is -0.324 e. The Kier molecular flexibility index (Phi) is 4.23. The SMILES string of the molecule is CS(=O)(=O)CCCC(N)c1ccncc1. The summed E-state index contributed by atoms with van der Waals surface area (Å²) in [7, 11) is -2.87. The van der Waals surface area contributed by atoms with Crippen LogP contribution in [0.25, 0.3) is 0 Å². The van der Waals surface area contributed by atoms with Gasteiger partial charge >= 0.3 is 0 Å². The second-order valence-electron chi connectivity index (χ2n) is 3.66. The standard InChI is InChI=1S/C10H16N2O2S/c1-15(13,14)8-2-3-10(11)9-4-6-12-7-5-9/h4-7,10H,2-3,8,11H2,1H3. The lowest BCUT2D eigenvalue weighted by molar-refractivity contribution is 0.588. The van der Waals surface area contributed by atoms with Crippen LogP contribution in [-0.2, 0) is 9.84 Å². The Bertz CT molecular complexity index is 389. The largest absolute Gasteiger partial charge is 0.324 e. The molecule has 15 heavy (non-hydrogen) atoms. The quantitative estimate of drug-likeness (QED) is 0.813. The zero-order valence-corrected chi connectivity index (χ0v) is 9.57. The fourth-order valence-corrected chi connectivity index (χ4v) is 2.03. The summed E-state index contributed by atoms with van der Waals surface area (Å²) in [4.78, 5) is 3.90. The van der Waals surface area contributed by atoms with Gasteiger partial charge in [-0.05, 0) is 30.5 Å². The molecular formula is C10H16N2O2S. The number of pyridine rings is 1. The third kappa shape index (κ3) is 4.90. The molecule has 0 aliphatic heterocycles. The van der Waals surface area contributed by atoms with Crippen LogP contribution in [0, 0.1) is 0 Å². The summed E-state index contributed by atoms with van der Waals surface area (Å²) in [5.41, 5.74) is 6.90. The van der Waals surface area contributed by atoms with E-state index in [0.717, 1.165) is 5.56 Å². The average Bonchev–Trinajstić information content (AvgIpc) is 2.17. The summed E-state index contributed by atoms with van der Waals surface area (Å²) in [6.45, 7) is 0. The van der Waals surface area contributed by atoms with Gasteiger partial charge in [0.1, 0.15) is 9.84 Å². The minimum absolute atomic E-state index is 0.102. The van der Waals surface area contributed by atoms with Crippen LogP contribution in [0.5, 0.6) is 0 Å². The molecule has 5 heteroatoms. The number of hydrogen-bond acceptors (Lipinski definition) is 4. The summed E-state index contributed by atoms with van der Waals surface area (Å²) in [5.74, 6) is 0.200. The average molecular weight is 228 g/mol. The van der Waals surface area contributed by atoms with Crippen molar-refractivity contribution in [3.05, 3.63) is 30.1 Å². The molecule has 0 fully saturated rings. The lowest BCUT2D eigenvalue weighted by Crippen LogP contribution is -2.12. The fourth-order valence-electron chi connectivity index (χ4n) is 1.34. The molecule has 0 saturated carbocycles. The fraction of sp³-hybridized carbons (Fsp3) is 0.500. The number of hydrogen-bond donors (Lipinski definition) is 1. The molecule has 0 bridgehead atoms. The molecule has 0 saturated heterocycles. The van der Waals surface area contributed by atoms with Crippen LogP contribution in [0.2, 0.25) is 0 Å². The van der Waals surface area contributed by atoms with Crippen molar-refractivity contribution in [2.24, 2.45) is 5.73 Å². The van der Waals surface area contributed by atoms with E-state index in [1.807, 2.05) is 12.1 Å². The highest BCUT2D eigenvalue weighted by molar-refractivity contribution is 7.90. The Morgan fingerprint density at radius 1 is 1.40 bits per heavy atom. The maximum absolute atomic E-state index is 10.9. The molecule has 0 radical (unpaired) electrons. The Balaban J connectivity index is 2.41. The van der Waals surface area contributed by atoms with E-state index in [1.165, 1.54) is 6.26 Å². The van der Waals surface area contributed by atoms with E-state index in [1.54, 1.807) is 12.4 Å². The van der Waals surface area contributed by atoms with Gasteiger partial charge in [-0.1, -0.05) is 0 Å². The van der Waals surface area contributed by atoms with Crippen molar-refractivity contribution >= 4 is 9.84 Å². The Morgan fingerprint density at radius 2 is 2.00 bits per heavy atom. The number of nitrogens with zero attached hydrogens (tertiary/aromatic N) is 1. The molecule has 0 aliphatic rings. The topological polar surface area (TPSA) is 73.0 Å². The molecule has 1 heterocycles. The second kappa shape index (κ2) is 5.23. The molecule has 0 spiro atoms. The molecule has 1 rings (SSSR count). The van der Waals surface area contributed by atoms with Crippen LogP contribution in [0.1, 0.15) is 24.4 Å². The summed E-state index contributed by atoms with van der Waals surface area (Å²) in [5, 5.41) is 0. The van der Waals surface area contributed by atoms with Gasteiger partial charge in [0.05, 0.1) is 0 Å². The van der Waals surface area contributed by atoms with Gasteiger partial charge in [-0.25, -0.2) is 8.42 Å². The predicted molar refractivity (Wildman–Crippen MR) is 60.1 cm³/mol. The van der Waals surface area contributed by atoms with Gasteiger partial charge in [0.2, 0.25) is 0 Å². The van der Waals surface area contributed by atoms with E-state index in [0.29, 0.717) is 12.8 Å². The van der Waals surface area contributed by atoms with Crippen LogP contribution in [0.15, 0.2) is 24.5 Å². The molecular weight excluding hydrogens is 212 g/mol. The van der Waals surface area contributed by atoms with Crippen molar-refractivity contribution < 1.29 is 8.42 Å². The van der Waals surface area contributed by atoms with Crippen LogP contribution in [-0.4, -0.2) is 25.4 Å². The van der Waals surface area contributed by atoms with Crippen molar-refractivity contribution in [1.29, 1.82) is 0 Å². The zero-order chi connectivity index (χ0) is 11.3. The van der Waals surface area contributed by atoms with Crippen LogP contribution < -0.4 is 5.73 Å². The molecule has 2 N–H and O–H groups in total. The summed E-state index contributed by atoms with van der Waals surface area (Å²) in [6.07, 6.45) is 5.89. The highest BCUT2D eigenvalue weighted by Gasteiger charge is 2.07. The molecule has 84 valence electrons. The van der Waals surface area contributed by atoms with Gasteiger partial charge in [0.25, 0.3) is 0 Å². The van der Waals surface area contributed by atoms with Gasteiger partial charge in [-0.2, -0.15) is 0 Å². The zero-order valence-electron chi connectivity index (χ0n) is 8.76. The summed E-state index contributed by atoms with van der Waals surface area (Å²) in [6, 6.07) is 3.60. The molecule has 0 aromatic carbocycles. The smallest absolute Gasteiger partial charge is 0.147 e. The number of nitrogens with two attached hydrogens (primary N) is 1. The van der Waals surface area contributed by atoms with Crippen molar-refractivity contribution in [2.45, 2.75) is 18.9 Å². The van der Waals surface area contributed by atoms with Crippen LogP contribution in [0.3, 0.4) is 0 Å². The van der Waals surface area contributed by atoms with Crippen molar-refractivity contribution in [2.75, 3.05) is 12.0 Å². The first-order valence-corrected chi connectivity index (χ1v) is 6.88. The van der Waals surface area contributed by atoms with Gasteiger partial charge in [0.15, 0.2) is 0 Å². The Labute approximate surface area is 90.4 Å². The molecule has 4 nitrogen and oxygen atoms in total. The number of aromatic nitrogens is 1. The first kappa shape index (κ1) is 12.1. The Morgan fingerprint density at radius 3 is 2.53 bits per heavy atom. The molecule has 1 aromatic heterocycles. The summed E-state index contributed by atoms with van der Waals surface area (Å²) >= 11 is 0. The number of sulfone groups is 1.